The molecule has 0 aromatic carbocycles. The van der Waals surface area contributed by atoms with Crippen molar-refractivity contribution in [1.82, 2.24) is 4.90 Å². The molecule has 0 saturated carbocycles. The van der Waals surface area contributed by atoms with E-state index < -0.39 is 12.1 Å². The maximum atomic E-state index is 11.6. The van der Waals surface area contributed by atoms with Crippen LogP contribution in [0.4, 0.5) is 4.79 Å². The van der Waals surface area contributed by atoms with Crippen LogP contribution in [0.1, 0.15) is 25.7 Å². The molecule has 0 aromatic rings. The molecule has 0 spiro atoms. The van der Waals surface area contributed by atoms with Gasteiger partial charge in [0.1, 0.15) is 6.61 Å². The number of amides is 1. The van der Waals surface area contributed by atoms with Crippen molar-refractivity contribution in [2.24, 2.45) is 0 Å². The lowest BCUT2D eigenvalue weighted by atomic mass is 10.00. The first-order valence-corrected chi connectivity index (χ1v) is 5.41. The van der Waals surface area contributed by atoms with Crippen LogP contribution in [0, 0.1) is 0 Å². The average Bonchev–Trinajstić information content (AvgIpc) is 2.26. The van der Waals surface area contributed by atoms with E-state index in [9.17, 15) is 9.59 Å². The van der Waals surface area contributed by atoms with Crippen LogP contribution in [0.2, 0.25) is 0 Å². The first-order chi connectivity index (χ1) is 7.65. The van der Waals surface area contributed by atoms with Gasteiger partial charge in [0.25, 0.3) is 0 Å². The van der Waals surface area contributed by atoms with E-state index in [1.807, 2.05) is 0 Å². The molecule has 0 bridgehead atoms. The van der Waals surface area contributed by atoms with Crippen molar-refractivity contribution in [3.63, 3.8) is 0 Å². The fourth-order valence-corrected chi connectivity index (χ4v) is 1.87. The third-order valence-electron chi connectivity index (χ3n) is 2.60. The number of carbonyl (C=O) groups excluding carboxylic acids is 1. The van der Waals surface area contributed by atoms with Gasteiger partial charge in [-0.15, -0.1) is 0 Å². The summed E-state index contributed by atoms with van der Waals surface area (Å²) in [4.78, 5) is 23.8. The lowest BCUT2D eigenvalue weighted by Gasteiger charge is -2.33. The Labute approximate surface area is 94.7 Å². The molecule has 1 rings (SSSR count). The van der Waals surface area contributed by atoms with E-state index in [2.05, 4.69) is 6.58 Å². The molecule has 0 unspecified atom stereocenters. The molecule has 1 heterocycles. The van der Waals surface area contributed by atoms with Crippen LogP contribution in [-0.4, -0.2) is 41.3 Å². The van der Waals surface area contributed by atoms with Gasteiger partial charge in [-0.05, 0) is 19.3 Å². The minimum absolute atomic E-state index is 0.0107. The van der Waals surface area contributed by atoms with E-state index in [1.54, 1.807) is 0 Å². The standard InChI is InChI=1S/C11H17NO4/c1-2-7-16-11(15)12-6-4-3-5-9(12)8-10(13)14/h2,9H,1,3-8H2,(H,13,14)/t9-/m0/s1. The Hall–Kier alpha value is -1.52. The second-order valence-corrected chi connectivity index (χ2v) is 3.81. The van der Waals surface area contributed by atoms with E-state index in [0.29, 0.717) is 6.54 Å². The second-order valence-electron chi connectivity index (χ2n) is 3.81. The number of carboxylic acid groups (broad SMARTS) is 1. The molecule has 5 nitrogen and oxygen atoms in total. The van der Waals surface area contributed by atoms with Gasteiger partial charge in [-0.25, -0.2) is 4.79 Å². The number of carboxylic acids is 1. The van der Waals surface area contributed by atoms with Crippen molar-refractivity contribution in [3.05, 3.63) is 12.7 Å². The van der Waals surface area contributed by atoms with Gasteiger partial charge < -0.3 is 14.7 Å². The lowest BCUT2D eigenvalue weighted by molar-refractivity contribution is -0.138. The maximum Gasteiger partial charge on any atom is 0.410 e. The van der Waals surface area contributed by atoms with Gasteiger partial charge in [0.2, 0.25) is 0 Å². The molecule has 5 heteroatoms. The molecule has 1 N–H and O–H groups in total. The first-order valence-electron chi connectivity index (χ1n) is 5.41. The monoisotopic (exact) mass is 227 g/mol. The van der Waals surface area contributed by atoms with Crippen LogP contribution in [-0.2, 0) is 9.53 Å². The highest BCUT2D eigenvalue weighted by Gasteiger charge is 2.29. The lowest BCUT2D eigenvalue weighted by Crippen LogP contribution is -2.45. The largest absolute Gasteiger partial charge is 0.481 e. The second kappa shape index (κ2) is 6.15. The van der Waals surface area contributed by atoms with E-state index in [0.717, 1.165) is 19.3 Å². The molecule has 1 aliphatic rings. The van der Waals surface area contributed by atoms with Crippen LogP contribution in [0.25, 0.3) is 0 Å². The summed E-state index contributed by atoms with van der Waals surface area (Å²) in [5, 5.41) is 8.75. The SMILES string of the molecule is C=CCOC(=O)N1CCCC[C@H]1CC(=O)O. The van der Waals surface area contributed by atoms with E-state index >= 15 is 0 Å². The maximum absolute atomic E-state index is 11.6. The van der Waals surface area contributed by atoms with Gasteiger partial charge in [-0.3, -0.25) is 4.79 Å². The van der Waals surface area contributed by atoms with Crippen LogP contribution in [0.3, 0.4) is 0 Å². The highest BCUT2D eigenvalue weighted by molar-refractivity contribution is 5.71. The van der Waals surface area contributed by atoms with E-state index in [-0.39, 0.29) is 19.1 Å². The molecule has 1 fully saturated rings. The molecule has 0 aromatic heterocycles. The van der Waals surface area contributed by atoms with Gasteiger partial charge in [0.15, 0.2) is 0 Å². The van der Waals surface area contributed by atoms with Crippen LogP contribution >= 0.6 is 0 Å². The zero-order valence-corrected chi connectivity index (χ0v) is 9.22. The van der Waals surface area contributed by atoms with Crippen LogP contribution in [0.5, 0.6) is 0 Å². The Kier molecular flexibility index (Phi) is 4.82. The first kappa shape index (κ1) is 12.5. The van der Waals surface area contributed by atoms with E-state index in [1.165, 1.54) is 11.0 Å². The Morgan fingerprint density at radius 1 is 1.50 bits per heavy atom. The molecular formula is C11H17NO4. The van der Waals surface area contributed by atoms with Crippen molar-refractivity contribution in [1.29, 1.82) is 0 Å². The Morgan fingerprint density at radius 2 is 2.25 bits per heavy atom. The molecule has 16 heavy (non-hydrogen) atoms. The molecule has 1 aliphatic heterocycles. The summed E-state index contributed by atoms with van der Waals surface area (Å²) in [5.41, 5.74) is 0. The Morgan fingerprint density at radius 3 is 2.88 bits per heavy atom. The average molecular weight is 227 g/mol. The summed E-state index contributed by atoms with van der Waals surface area (Å²) in [6.07, 6.45) is 3.64. The molecule has 1 atom stereocenters. The normalized spacial score (nSPS) is 20.2. The molecular weight excluding hydrogens is 210 g/mol. The zero-order chi connectivity index (χ0) is 12.0. The van der Waals surface area contributed by atoms with Gasteiger partial charge in [-0.2, -0.15) is 0 Å². The van der Waals surface area contributed by atoms with Gasteiger partial charge in [0.05, 0.1) is 6.42 Å². The summed E-state index contributed by atoms with van der Waals surface area (Å²) >= 11 is 0. The number of aliphatic carboxylic acids is 1. The number of carbonyl (C=O) groups is 2. The molecule has 1 amide bonds. The van der Waals surface area contributed by atoms with Crippen molar-refractivity contribution in [3.8, 4) is 0 Å². The van der Waals surface area contributed by atoms with Crippen LogP contribution in [0.15, 0.2) is 12.7 Å². The fourth-order valence-electron chi connectivity index (χ4n) is 1.87. The van der Waals surface area contributed by atoms with Crippen LogP contribution < -0.4 is 0 Å². The molecule has 0 radical (unpaired) electrons. The Balaban J connectivity index is 2.54. The third kappa shape index (κ3) is 3.56. The number of hydrogen-bond donors (Lipinski definition) is 1. The number of hydrogen-bond acceptors (Lipinski definition) is 3. The summed E-state index contributed by atoms with van der Waals surface area (Å²) < 4.78 is 4.92. The summed E-state index contributed by atoms with van der Waals surface area (Å²) in [7, 11) is 0. The predicted molar refractivity (Wildman–Crippen MR) is 58.1 cm³/mol. The number of rotatable bonds is 4. The van der Waals surface area contributed by atoms with Crippen molar-refractivity contribution in [2.75, 3.05) is 13.2 Å². The van der Waals surface area contributed by atoms with E-state index in [4.69, 9.17) is 9.84 Å². The van der Waals surface area contributed by atoms with Crippen molar-refractivity contribution in [2.45, 2.75) is 31.7 Å². The number of nitrogens with zero attached hydrogens (tertiary/aromatic N) is 1. The smallest absolute Gasteiger partial charge is 0.410 e. The number of ether oxygens (including phenoxy) is 1. The molecule has 0 aliphatic carbocycles. The summed E-state index contributed by atoms with van der Waals surface area (Å²) in [6, 6.07) is -0.233. The highest BCUT2D eigenvalue weighted by atomic mass is 16.6. The van der Waals surface area contributed by atoms with Gasteiger partial charge in [0, 0.05) is 12.6 Å². The Bertz CT molecular complexity index is 277. The minimum Gasteiger partial charge on any atom is -0.481 e. The summed E-state index contributed by atoms with van der Waals surface area (Å²) in [5.74, 6) is -0.881. The predicted octanol–water partition coefficient (Wildman–Crippen LogP) is 1.64. The summed E-state index contributed by atoms with van der Waals surface area (Å²) in [6.45, 7) is 4.19. The van der Waals surface area contributed by atoms with Gasteiger partial charge >= 0.3 is 12.1 Å². The minimum atomic E-state index is -0.881. The fraction of sp³-hybridized carbons (Fsp3) is 0.636. The highest BCUT2D eigenvalue weighted by Crippen LogP contribution is 2.20. The van der Waals surface area contributed by atoms with Crippen molar-refractivity contribution < 1.29 is 19.4 Å². The number of likely N-dealkylation sites (tertiary alicyclic amines) is 1. The topological polar surface area (TPSA) is 66.8 Å². The van der Waals surface area contributed by atoms with Crippen molar-refractivity contribution >= 4 is 12.1 Å². The zero-order valence-electron chi connectivity index (χ0n) is 9.22. The molecule has 90 valence electrons. The number of piperidine rings is 1. The van der Waals surface area contributed by atoms with Gasteiger partial charge in [-0.1, -0.05) is 12.7 Å². The molecule has 1 saturated heterocycles. The quantitative estimate of drug-likeness (QED) is 0.741. The third-order valence-corrected chi connectivity index (χ3v) is 2.60.